The number of para-hydroxylation sites is 2. The highest BCUT2D eigenvalue weighted by molar-refractivity contribution is 7.49. The summed E-state index contributed by atoms with van der Waals surface area (Å²) in [5.41, 5.74) is -3.37. The van der Waals surface area contributed by atoms with Crippen molar-refractivity contribution in [3.05, 3.63) is 60.7 Å². The van der Waals surface area contributed by atoms with Crippen molar-refractivity contribution in [2.45, 2.75) is 173 Å². The first-order valence-electron chi connectivity index (χ1n) is 22.9. The average molecular weight is 1130 g/mol. The summed E-state index contributed by atoms with van der Waals surface area (Å²) in [5.74, 6) is -1.41. The number of phosphoric ester groups is 1. The van der Waals surface area contributed by atoms with Crippen LogP contribution in [0.3, 0.4) is 0 Å². The smallest absolute Gasteiger partial charge is 0.462 e. The Bertz CT molecular complexity index is 1850. The molecule has 1 aliphatic heterocycles. The number of benzene rings is 2. The molecule has 0 saturated carbocycles. The fraction of sp³-hybridized carbons (Fsp3) is 0.652. The van der Waals surface area contributed by atoms with Gasteiger partial charge in [-0.15, -0.1) is 0 Å². The molecule has 6 atom stereocenters. The number of hydrogen-bond acceptors (Lipinski definition) is 14. The number of phosphoric acid groups is 1. The summed E-state index contributed by atoms with van der Waals surface area (Å²) in [7, 11) is -4.96. The number of hydrogen-bond donors (Lipinski definition) is 1. The maximum absolute atomic E-state index is 15.0. The molecule has 390 valence electrons. The van der Waals surface area contributed by atoms with Gasteiger partial charge in [-0.25, -0.2) is 14.2 Å². The highest BCUT2D eigenvalue weighted by atomic mass is 35.6. The van der Waals surface area contributed by atoms with Crippen LogP contribution >= 0.6 is 89.0 Å². The monoisotopic (exact) mass is 1130 g/mol. The van der Waals surface area contributed by atoms with E-state index in [1.165, 1.54) is 51.0 Å². The minimum atomic E-state index is -4.96. The van der Waals surface area contributed by atoms with E-state index in [0.717, 1.165) is 51.4 Å². The Morgan fingerprint density at radius 1 is 0.725 bits per heavy atom. The number of rotatable bonds is 29. The van der Waals surface area contributed by atoms with Gasteiger partial charge in [-0.05, 0) is 57.4 Å². The highest BCUT2D eigenvalue weighted by Gasteiger charge is 2.54. The van der Waals surface area contributed by atoms with Crippen LogP contribution in [0.2, 0.25) is 0 Å². The maximum Gasteiger partial charge on any atom is 0.588 e. The van der Waals surface area contributed by atoms with Gasteiger partial charge in [0.2, 0.25) is 7.59 Å². The normalized spacial score (nSPS) is 19.1. The van der Waals surface area contributed by atoms with Gasteiger partial charge < -0.3 is 42.8 Å². The van der Waals surface area contributed by atoms with Crippen molar-refractivity contribution < 1.29 is 65.7 Å². The number of nitrogens with one attached hydrogen (secondary N) is 1. The lowest BCUT2D eigenvalue weighted by Crippen LogP contribution is -2.65. The summed E-state index contributed by atoms with van der Waals surface area (Å²) in [6.07, 6.45) is 2.83. The molecule has 1 amide bonds. The van der Waals surface area contributed by atoms with E-state index in [1.54, 1.807) is 36.4 Å². The van der Waals surface area contributed by atoms with E-state index in [0.29, 0.717) is 19.3 Å². The van der Waals surface area contributed by atoms with E-state index in [1.807, 2.05) is 6.92 Å². The molecule has 0 aliphatic carbocycles. The molecule has 0 radical (unpaired) electrons. The third-order valence-electron chi connectivity index (χ3n) is 10.4. The Labute approximate surface area is 440 Å². The number of ether oxygens (including phenoxy) is 6. The molecular weight excluding hydrogens is 1070 g/mol. The largest absolute Gasteiger partial charge is 0.588 e. The Morgan fingerprint density at radius 3 is 1.80 bits per heavy atom. The van der Waals surface area contributed by atoms with Gasteiger partial charge in [-0.2, -0.15) is 0 Å². The molecule has 0 aromatic heterocycles. The van der Waals surface area contributed by atoms with E-state index in [2.05, 4.69) is 12.2 Å². The minimum Gasteiger partial charge on any atom is -0.462 e. The van der Waals surface area contributed by atoms with Crippen LogP contribution in [0.25, 0.3) is 0 Å². The Kier molecular flexibility index (Phi) is 27.1. The van der Waals surface area contributed by atoms with Crippen molar-refractivity contribution in [2.24, 2.45) is 0 Å². The van der Waals surface area contributed by atoms with Crippen molar-refractivity contribution >= 4 is 113 Å². The molecular formula is C46H63Cl7NO14P. The summed E-state index contributed by atoms with van der Waals surface area (Å²) in [5, 5.41) is 2.44. The molecule has 1 heterocycles. The second kappa shape index (κ2) is 30.7. The maximum atomic E-state index is 15.0. The molecule has 2 aromatic rings. The van der Waals surface area contributed by atoms with Crippen LogP contribution in [0.5, 0.6) is 11.5 Å². The van der Waals surface area contributed by atoms with Gasteiger partial charge >= 0.3 is 32.0 Å². The van der Waals surface area contributed by atoms with E-state index in [4.69, 9.17) is 123 Å². The second-order valence-corrected chi connectivity index (χ2v) is 23.4. The summed E-state index contributed by atoms with van der Waals surface area (Å²) in [6, 6.07) is 14.0. The predicted molar refractivity (Wildman–Crippen MR) is 267 cm³/mol. The number of esters is 2. The van der Waals surface area contributed by atoms with E-state index in [9.17, 15) is 19.2 Å². The van der Waals surface area contributed by atoms with E-state index in [-0.39, 0.29) is 17.9 Å². The molecule has 23 heteroatoms. The van der Waals surface area contributed by atoms with Crippen molar-refractivity contribution in [2.75, 3.05) is 13.2 Å². The van der Waals surface area contributed by atoms with Crippen molar-refractivity contribution in [1.29, 1.82) is 0 Å². The lowest BCUT2D eigenvalue weighted by atomic mass is 9.97. The molecule has 0 bridgehead atoms. The SMILES string of the molecule is CCCCCCCCCCC[C@H](CC(=O)O[C@@H]1[C@@H](NC(=O)OCC(Cl)(Cl)Cl)[C@@H](Cl)O[C@H](COC(=O)OC(C)(C)C(Cl)(Cl)Cl)[C@H]1OP(=O)(Oc1ccccc1)Oc1ccccc1)OC(=O)CCCCC. The van der Waals surface area contributed by atoms with E-state index < -0.39 is 101 Å². The summed E-state index contributed by atoms with van der Waals surface area (Å²) in [4.78, 5) is 53.8. The third kappa shape index (κ3) is 23.9. The zero-order valence-electron chi connectivity index (χ0n) is 39.1. The Hall–Kier alpha value is -2.30. The van der Waals surface area contributed by atoms with Gasteiger partial charge in [-0.3, -0.25) is 14.1 Å². The summed E-state index contributed by atoms with van der Waals surface area (Å²) < 4.78 is 62.8. The molecule has 3 rings (SSSR count). The molecule has 1 aliphatic rings. The molecule has 2 aromatic carbocycles. The first-order valence-corrected chi connectivity index (χ1v) is 27.1. The lowest BCUT2D eigenvalue weighted by molar-refractivity contribution is -0.196. The van der Waals surface area contributed by atoms with Gasteiger partial charge in [0.05, 0.1) is 6.42 Å². The third-order valence-corrected chi connectivity index (χ3v) is 13.9. The van der Waals surface area contributed by atoms with Gasteiger partial charge in [0.1, 0.15) is 49.1 Å². The number of unbranched alkanes of at least 4 members (excludes halogenated alkanes) is 10. The van der Waals surface area contributed by atoms with Crippen molar-refractivity contribution in [3.63, 3.8) is 0 Å². The average Bonchev–Trinajstić information content (AvgIpc) is 3.26. The zero-order valence-corrected chi connectivity index (χ0v) is 45.3. The van der Waals surface area contributed by atoms with Crippen LogP contribution in [-0.4, -0.2) is 86.6 Å². The fourth-order valence-corrected chi connectivity index (χ4v) is 8.74. The molecule has 0 unspecified atom stereocenters. The number of amides is 1. The number of carbonyl (C=O) groups excluding carboxylic acids is 4. The number of halogens is 7. The molecule has 69 heavy (non-hydrogen) atoms. The molecule has 1 N–H and O–H groups in total. The first kappa shape index (κ1) is 61.0. The van der Waals surface area contributed by atoms with Crippen LogP contribution in [0, 0.1) is 0 Å². The van der Waals surface area contributed by atoms with Crippen LogP contribution in [0.15, 0.2) is 60.7 Å². The standard InChI is InChI=1S/C46H63Cl7NO14P/c1-5-7-9-10-11-12-13-14-18-27-34(62-36(55)28-17-8-6-2)29-37(56)64-40-38(54-42(57)61-31-45(48,49)50)41(47)63-35(30-60-43(58)65-44(3,4)46(51,52)53)39(40)68-69(59,66-32-23-19-15-20-24-32)67-33-25-21-16-22-26-33/h15-16,19-26,34-35,38-41H,5-14,17-18,27-31H2,1-4H3,(H,54,57)/t34-,35-,38-,39-,40-,41+/m1/s1. The van der Waals surface area contributed by atoms with Gasteiger partial charge in [0.15, 0.2) is 17.3 Å². The number of alkyl halides is 7. The van der Waals surface area contributed by atoms with Crippen LogP contribution < -0.4 is 14.4 Å². The van der Waals surface area contributed by atoms with Gasteiger partial charge in [-0.1, -0.05) is 196 Å². The Morgan fingerprint density at radius 2 is 1.26 bits per heavy atom. The van der Waals surface area contributed by atoms with E-state index >= 15 is 4.57 Å². The topological polar surface area (TPSA) is 180 Å². The first-order chi connectivity index (χ1) is 32.5. The molecule has 1 fully saturated rings. The molecule has 1 saturated heterocycles. The van der Waals surface area contributed by atoms with Crippen molar-refractivity contribution in [1.82, 2.24) is 5.32 Å². The predicted octanol–water partition coefficient (Wildman–Crippen LogP) is 14.1. The van der Waals surface area contributed by atoms with Gasteiger partial charge in [0, 0.05) is 6.42 Å². The Balaban J connectivity index is 2.07. The van der Waals surface area contributed by atoms with Crippen LogP contribution in [0.4, 0.5) is 9.59 Å². The number of alkyl carbamates (subject to hydrolysis) is 1. The summed E-state index contributed by atoms with van der Waals surface area (Å²) in [6.45, 7) is 5.27. The summed E-state index contributed by atoms with van der Waals surface area (Å²) >= 11 is 42.4. The van der Waals surface area contributed by atoms with Crippen LogP contribution in [0.1, 0.15) is 124 Å². The fourth-order valence-electron chi connectivity index (χ4n) is 6.68. The minimum absolute atomic E-state index is 0.0209. The molecule has 0 spiro atoms. The number of carbonyl (C=O) groups is 4. The quantitative estimate of drug-likeness (QED) is 0.0267. The second-order valence-electron chi connectivity index (χ2n) is 16.7. The van der Waals surface area contributed by atoms with Crippen molar-refractivity contribution in [3.8, 4) is 11.5 Å². The van der Waals surface area contributed by atoms with Gasteiger partial charge in [0.25, 0.3) is 0 Å². The molecule has 15 nitrogen and oxygen atoms in total. The lowest BCUT2D eigenvalue weighted by Gasteiger charge is -2.44. The zero-order chi connectivity index (χ0) is 51.1. The van der Waals surface area contributed by atoms with Crippen LogP contribution in [-0.2, 0) is 47.1 Å². The highest BCUT2D eigenvalue weighted by Crippen LogP contribution is 2.53.